The van der Waals surface area contributed by atoms with Crippen LogP contribution in [-0.4, -0.2) is 8.32 Å². The van der Waals surface area contributed by atoms with E-state index in [-0.39, 0.29) is 5.04 Å². The molecule has 0 aromatic heterocycles. The minimum Gasteiger partial charge on any atom is -0.543 e. The van der Waals surface area contributed by atoms with Crippen LogP contribution in [0.25, 0.3) is 5.76 Å². The summed E-state index contributed by atoms with van der Waals surface area (Å²) in [5.74, 6) is 1.01. The van der Waals surface area contributed by atoms with Gasteiger partial charge in [0.15, 0.2) is 0 Å². The molecule has 1 rings (SSSR count). The molecule has 0 saturated carbocycles. The predicted octanol–water partition coefficient (Wildman–Crippen LogP) is 5.07. The minimum absolute atomic E-state index is 0.232. The van der Waals surface area contributed by atoms with E-state index in [4.69, 9.17) is 4.43 Å². The van der Waals surface area contributed by atoms with Crippen molar-refractivity contribution in [2.75, 3.05) is 0 Å². The molecule has 1 nitrogen and oxygen atoms in total. The second-order valence-electron chi connectivity index (χ2n) is 5.88. The molecule has 0 amide bonds. The highest BCUT2D eigenvalue weighted by Gasteiger charge is 2.39. The van der Waals surface area contributed by atoms with Gasteiger partial charge >= 0.3 is 0 Å². The topological polar surface area (TPSA) is 9.23 Å². The number of hydrogen-bond donors (Lipinski definition) is 0. The molecule has 2 heteroatoms. The fraction of sp³-hybridized carbons (Fsp3) is 0.467. The molecule has 0 bridgehead atoms. The molecular weight excluding hydrogens is 224 g/mol. The lowest BCUT2D eigenvalue weighted by Gasteiger charge is -2.37. The zero-order chi connectivity index (χ0) is 13.1. The molecule has 0 saturated heterocycles. The molecule has 0 radical (unpaired) electrons. The first-order chi connectivity index (χ1) is 7.78. The Hall–Kier alpha value is -1.02. The van der Waals surface area contributed by atoms with Gasteiger partial charge in [-0.05, 0) is 31.1 Å². The van der Waals surface area contributed by atoms with Crippen LogP contribution in [0.1, 0.15) is 33.3 Å². The van der Waals surface area contributed by atoms with Crippen molar-refractivity contribution >= 4 is 14.1 Å². The molecule has 0 heterocycles. The maximum absolute atomic E-state index is 6.34. The molecule has 0 spiro atoms. The van der Waals surface area contributed by atoms with Gasteiger partial charge in [0.05, 0.1) is 0 Å². The molecule has 1 aromatic carbocycles. The molecule has 0 aliphatic rings. The summed E-state index contributed by atoms with van der Waals surface area (Å²) in [4.78, 5) is 0. The van der Waals surface area contributed by atoms with Crippen molar-refractivity contribution in [2.24, 2.45) is 0 Å². The highest BCUT2D eigenvalue weighted by Crippen LogP contribution is 2.39. The average molecular weight is 248 g/mol. The van der Waals surface area contributed by atoms with E-state index < -0.39 is 8.32 Å². The van der Waals surface area contributed by atoms with E-state index in [2.05, 4.69) is 52.1 Å². The van der Waals surface area contributed by atoms with Crippen LogP contribution in [0.5, 0.6) is 0 Å². The lowest BCUT2D eigenvalue weighted by Crippen LogP contribution is -2.40. The normalized spacial score (nSPS) is 13.6. The van der Waals surface area contributed by atoms with Crippen molar-refractivity contribution in [2.45, 2.75) is 45.8 Å². The molecule has 94 valence electrons. The van der Waals surface area contributed by atoms with Crippen LogP contribution in [0.3, 0.4) is 0 Å². The Morgan fingerprint density at radius 2 is 1.65 bits per heavy atom. The quantitative estimate of drug-likeness (QED) is 0.536. The van der Waals surface area contributed by atoms with E-state index in [0.717, 1.165) is 5.76 Å². The predicted molar refractivity (Wildman–Crippen MR) is 78.4 cm³/mol. The molecule has 1 aromatic rings. The van der Waals surface area contributed by atoms with Crippen LogP contribution in [-0.2, 0) is 4.43 Å². The Balaban J connectivity index is 2.94. The van der Waals surface area contributed by atoms with Gasteiger partial charge in [0.25, 0.3) is 0 Å². The second-order valence-corrected chi connectivity index (χ2v) is 10.6. The van der Waals surface area contributed by atoms with E-state index >= 15 is 0 Å². The number of benzene rings is 1. The van der Waals surface area contributed by atoms with E-state index in [1.54, 1.807) is 0 Å². The van der Waals surface area contributed by atoms with Crippen molar-refractivity contribution < 1.29 is 4.43 Å². The maximum atomic E-state index is 6.34. The van der Waals surface area contributed by atoms with Crippen LogP contribution < -0.4 is 0 Å². The van der Waals surface area contributed by atoms with Gasteiger partial charge in [0.1, 0.15) is 5.76 Å². The Morgan fingerprint density at radius 1 is 1.12 bits per heavy atom. The van der Waals surface area contributed by atoms with E-state index in [0.29, 0.717) is 0 Å². The Labute approximate surface area is 107 Å². The smallest absolute Gasteiger partial charge is 0.250 e. The maximum Gasteiger partial charge on any atom is 0.250 e. The summed E-state index contributed by atoms with van der Waals surface area (Å²) >= 11 is 0. The Bertz CT molecular complexity index is 385. The summed E-state index contributed by atoms with van der Waals surface area (Å²) in [6, 6.07) is 10.3. The number of hydrogen-bond acceptors (Lipinski definition) is 1. The van der Waals surface area contributed by atoms with Gasteiger partial charge in [-0.15, -0.1) is 0 Å². The lowest BCUT2D eigenvalue weighted by atomic mass is 10.2. The van der Waals surface area contributed by atoms with Gasteiger partial charge in [-0.3, -0.25) is 0 Å². The monoisotopic (exact) mass is 248 g/mol. The molecule has 0 aliphatic carbocycles. The summed E-state index contributed by atoms with van der Waals surface area (Å²) in [6.45, 7) is 13.4. The third-order valence-electron chi connectivity index (χ3n) is 3.49. The standard InChI is InChI=1S/C15H24OSi/c1-7-14(13-11-9-8-10-12-13)16-17(5,6)15(2,3)4/h7-12H,1-6H3. The van der Waals surface area contributed by atoms with Gasteiger partial charge < -0.3 is 4.43 Å². The second kappa shape index (κ2) is 5.09. The number of rotatable bonds is 3. The highest BCUT2D eigenvalue weighted by molar-refractivity contribution is 6.74. The van der Waals surface area contributed by atoms with Crippen LogP contribution in [0, 0.1) is 0 Å². The fourth-order valence-corrected chi connectivity index (χ4v) is 2.41. The van der Waals surface area contributed by atoms with Crippen molar-refractivity contribution in [1.82, 2.24) is 0 Å². The molecule has 17 heavy (non-hydrogen) atoms. The largest absolute Gasteiger partial charge is 0.543 e. The van der Waals surface area contributed by atoms with Crippen LogP contribution in [0.4, 0.5) is 0 Å². The van der Waals surface area contributed by atoms with E-state index in [1.165, 1.54) is 5.56 Å². The Kier molecular flexibility index (Phi) is 4.20. The van der Waals surface area contributed by atoms with Gasteiger partial charge in [-0.1, -0.05) is 51.1 Å². The van der Waals surface area contributed by atoms with E-state index in [9.17, 15) is 0 Å². The van der Waals surface area contributed by atoms with Crippen molar-refractivity contribution in [3.8, 4) is 0 Å². The van der Waals surface area contributed by atoms with Crippen molar-refractivity contribution in [3.05, 3.63) is 42.0 Å². The third kappa shape index (κ3) is 3.47. The first-order valence-corrected chi connectivity index (χ1v) is 9.09. The van der Waals surface area contributed by atoms with Crippen LogP contribution in [0.15, 0.2) is 36.4 Å². The third-order valence-corrected chi connectivity index (χ3v) is 7.83. The molecule has 0 unspecified atom stereocenters. The van der Waals surface area contributed by atoms with Crippen LogP contribution >= 0.6 is 0 Å². The molecule has 0 aliphatic heterocycles. The first kappa shape index (κ1) is 14.0. The summed E-state index contributed by atoms with van der Waals surface area (Å²) in [6.07, 6.45) is 2.07. The zero-order valence-electron chi connectivity index (χ0n) is 11.9. The SMILES string of the molecule is CC=C(O[Si](C)(C)C(C)(C)C)c1ccccc1. The van der Waals surface area contributed by atoms with Gasteiger partial charge in [-0.25, -0.2) is 0 Å². The number of allylic oxidation sites excluding steroid dienone is 1. The molecule has 0 N–H and O–H groups in total. The summed E-state index contributed by atoms with van der Waals surface area (Å²) in [5.41, 5.74) is 1.17. The molecule has 0 fully saturated rings. The van der Waals surface area contributed by atoms with Crippen LogP contribution in [0.2, 0.25) is 18.1 Å². The fourth-order valence-electron chi connectivity index (χ4n) is 1.31. The van der Waals surface area contributed by atoms with Gasteiger partial charge in [-0.2, -0.15) is 0 Å². The van der Waals surface area contributed by atoms with E-state index in [1.807, 2.05) is 25.1 Å². The zero-order valence-corrected chi connectivity index (χ0v) is 12.9. The van der Waals surface area contributed by atoms with Crippen molar-refractivity contribution in [3.63, 3.8) is 0 Å². The van der Waals surface area contributed by atoms with Crippen molar-refractivity contribution in [1.29, 1.82) is 0 Å². The molecule has 0 atom stereocenters. The first-order valence-electron chi connectivity index (χ1n) is 6.18. The van der Waals surface area contributed by atoms with Gasteiger partial charge in [0.2, 0.25) is 8.32 Å². The summed E-state index contributed by atoms with van der Waals surface area (Å²) < 4.78 is 6.34. The lowest BCUT2D eigenvalue weighted by molar-refractivity contribution is 0.457. The summed E-state index contributed by atoms with van der Waals surface area (Å²) in [7, 11) is -1.74. The Morgan fingerprint density at radius 3 is 2.06 bits per heavy atom. The highest BCUT2D eigenvalue weighted by atomic mass is 28.4. The molecular formula is C15H24OSi. The van der Waals surface area contributed by atoms with Gasteiger partial charge in [0, 0.05) is 5.56 Å². The summed E-state index contributed by atoms with van der Waals surface area (Å²) in [5, 5.41) is 0.232. The average Bonchev–Trinajstić information content (AvgIpc) is 2.25. The minimum atomic E-state index is -1.74.